The van der Waals surface area contributed by atoms with Gasteiger partial charge >= 0.3 is 0 Å². The van der Waals surface area contributed by atoms with Crippen LogP contribution in [-0.4, -0.2) is 29.8 Å². The molecule has 0 spiro atoms. The first-order valence-electron chi connectivity index (χ1n) is 7.19. The summed E-state index contributed by atoms with van der Waals surface area (Å²) in [6.07, 6.45) is 3.52. The van der Waals surface area contributed by atoms with Crippen LogP contribution in [0.2, 0.25) is 10.0 Å². The summed E-state index contributed by atoms with van der Waals surface area (Å²) in [6.45, 7) is 5.84. The van der Waals surface area contributed by atoms with Crippen LogP contribution in [0.5, 0.6) is 0 Å². The first kappa shape index (κ1) is 15.8. The Morgan fingerprint density at radius 2 is 2.05 bits per heavy atom. The van der Waals surface area contributed by atoms with Crippen molar-refractivity contribution in [3.05, 3.63) is 33.8 Å². The number of carbonyl (C=O) groups is 1. The Morgan fingerprint density at radius 3 is 2.65 bits per heavy atom. The lowest BCUT2D eigenvalue weighted by Gasteiger charge is -2.22. The lowest BCUT2D eigenvalue weighted by Crippen LogP contribution is -2.33. The lowest BCUT2D eigenvalue weighted by molar-refractivity contribution is 0.0921. The topological polar surface area (TPSA) is 20.3 Å². The van der Waals surface area contributed by atoms with Crippen molar-refractivity contribution in [3.8, 4) is 0 Å². The molecule has 20 heavy (non-hydrogen) atoms. The van der Waals surface area contributed by atoms with Gasteiger partial charge in [0.25, 0.3) is 0 Å². The summed E-state index contributed by atoms with van der Waals surface area (Å²) in [7, 11) is 0. The molecule has 0 amide bonds. The van der Waals surface area contributed by atoms with E-state index >= 15 is 0 Å². The average molecular weight is 314 g/mol. The zero-order chi connectivity index (χ0) is 14.7. The molecule has 2 rings (SSSR count). The molecule has 2 nitrogen and oxygen atoms in total. The van der Waals surface area contributed by atoms with Crippen molar-refractivity contribution in [2.75, 3.05) is 13.1 Å². The van der Waals surface area contributed by atoms with Crippen LogP contribution in [-0.2, 0) is 0 Å². The largest absolute Gasteiger partial charge is 0.293 e. The Labute approximate surface area is 131 Å². The number of carbonyl (C=O) groups excluding carboxylic acids is 1. The first-order valence-corrected chi connectivity index (χ1v) is 7.95. The zero-order valence-corrected chi connectivity index (χ0v) is 13.5. The van der Waals surface area contributed by atoms with Gasteiger partial charge in [-0.05, 0) is 49.9 Å². The monoisotopic (exact) mass is 313 g/mol. The van der Waals surface area contributed by atoms with E-state index in [1.165, 1.54) is 12.8 Å². The van der Waals surface area contributed by atoms with Crippen molar-refractivity contribution >= 4 is 29.0 Å². The molecule has 1 fully saturated rings. The van der Waals surface area contributed by atoms with Crippen LogP contribution in [0, 0.1) is 5.92 Å². The fourth-order valence-corrected chi connectivity index (χ4v) is 2.63. The van der Waals surface area contributed by atoms with E-state index in [0.717, 1.165) is 13.0 Å². The highest BCUT2D eigenvalue weighted by Gasteiger charge is 2.30. The number of rotatable bonds is 7. The second kappa shape index (κ2) is 6.93. The molecule has 0 unspecified atom stereocenters. The smallest absolute Gasteiger partial charge is 0.178 e. The summed E-state index contributed by atoms with van der Waals surface area (Å²) in [5.41, 5.74) is 0.536. The predicted octanol–water partition coefficient (Wildman–Crippen LogP) is 4.69. The molecule has 0 heterocycles. The summed E-state index contributed by atoms with van der Waals surface area (Å²) in [4.78, 5) is 14.7. The van der Waals surface area contributed by atoms with E-state index in [1.54, 1.807) is 18.2 Å². The van der Waals surface area contributed by atoms with Gasteiger partial charge in [-0.1, -0.05) is 37.0 Å². The van der Waals surface area contributed by atoms with E-state index in [9.17, 15) is 4.79 Å². The number of ketones is 1. The molecule has 0 atom stereocenters. The summed E-state index contributed by atoms with van der Waals surface area (Å²) in [5.74, 6) is 0.717. The molecule has 1 saturated carbocycles. The van der Waals surface area contributed by atoms with Gasteiger partial charge in [-0.3, -0.25) is 9.69 Å². The minimum atomic E-state index is 0.0631. The SMILES string of the molecule is CC(C)CCN(CC(=O)c1cc(Cl)ccc1Cl)C1CC1. The Kier molecular flexibility index (Phi) is 5.48. The molecule has 1 aromatic carbocycles. The van der Waals surface area contributed by atoms with Crippen molar-refractivity contribution in [2.24, 2.45) is 5.92 Å². The van der Waals surface area contributed by atoms with E-state index in [0.29, 0.717) is 34.1 Å². The van der Waals surface area contributed by atoms with Crippen molar-refractivity contribution < 1.29 is 4.79 Å². The minimum Gasteiger partial charge on any atom is -0.293 e. The molecule has 0 bridgehead atoms. The summed E-state index contributed by atoms with van der Waals surface area (Å²) in [5, 5.41) is 1.04. The van der Waals surface area contributed by atoms with Gasteiger partial charge in [0.1, 0.15) is 0 Å². The third-order valence-electron chi connectivity index (χ3n) is 3.63. The summed E-state index contributed by atoms with van der Waals surface area (Å²) < 4.78 is 0. The van der Waals surface area contributed by atoms with E-state index in [2.05, 4.69) is 18.7 Å². The summed E-state index contributed by atoms with van der Waals surface area (Å²) >= 11 is 12.0. The van der Waals surface area contributed by atoms with E-state index in [4.69, 9.17) is 23.2 Å². The molecular formula is C16H21Cl2NO. The fourth-order valence-electron chi connectivity index (χ4n) is 2.24. The molecule has 0 saturated heterocycles. The predicted molar refractivity (Wildman–Crippen MR) is 84.8 cm³/mol. The molecule has 4 heteroatoms. The van der Waals surface area contributed by atoms with Gasteiger partial charge in [0.15, 0.2) is 5.78 Å². The second-order valence-electron chi connectivity index (χ2n) is 5.93. The third kappa shape index (κ3) is 4.47. The van der Waals surface area contributed by atoms with Crippen LogP contribution in [0.3, 0.4) is 0 Å². The molecule has 110 valence electrons. The summed E-state index contributed by atoms with van der Waals surface area (Å²) in [6, 6.07) is 5.64. The van der Waals surface area contributed by atoms with Crippen molar-refractivity contribution in [1.29, 1.82) is 0 Å². The van der Waals surface area contributed by atoms with Gasteiger partial charge in [-0.25, -0.2) is 0 Å². The van der Waals surface area contributed by atoms with Crippen LogP contribution in [0.1, 0.15) is 43.5 Å². The average Bonchev–Trinajstić information content (AvgIpc) is 3.21. The standard InChI is InChI=1S/C16H21Cl2NO/c1-11(2)7-8-19(13-4-5-13)10-16(20)14-9-12(17)3-6-15(14)18/h3,6,9,11,13H,4-5,7-8,10H2,1-2H3. The van der Waals surface area contributed by atoms with Gasteiger partial charge in [0.2, 0.25) is 0 Å². The Bertz CT molecular complexity index is 483. The molecule has 0 radical (unpaired) electrons. The molecule has 1 aliphatic carbocycles. The Morgan fingerprint density at radius 1 is 1.35 bits per heavy atom. The number of Topliss-reactive ketones (excluding diaryl/α,β-unsaturated/α-hetero) is 1. The van der Waals surface area contributed by atoms with Crippen LogP contribution in [0.15, 0.2) is 18.2 Å². The third-order valence-corrected chi connectivity index (χ3v) is 4.20. The Balaban J connectivity index is 2.02. The molecule has 0 aliphatic heterocycles. The van der Waals surface area contributed by atoms with Crippen LogP contribution >= 0.6 is 23.2 Å². The van der Waals surface area contributed by atoms with Gasteiger partial charge < -0.3 is 0 Å². The van der Waals surface area contributed by atoms with Crippen molar-refractivity contribution in [2.45, 2.75) is 39.2 Å². The molecule has 0 N–H and O–H groups in total. The number of nitrogens with zero attached hydrogens (tertiary/aromatic N) is 1. The molecule has 1 aliphatic rings. The van der Waals surface area contributed by atoms with E-state index < -0.39 is 0 Å². The maximum Gasteiger partial charge on any atom is 0.178 e. The number of hydrogen-bond acceptors (Lipinski definition) is 2. The van der Waals surface area contributed by atoms with Gasteiger partial charge in [0.05, 0.1) is 11.6 Å². The second-order valence-corrected chi connectivity index (χ2v) is 6.78. The quantitative estimate of drug-likeness (QED) is 0.681. The van der Waals surface area contributed by atoms with Crippen LogP contribution in [0.25, 0.3) is 0 Å². The normalized spacial score (nSPS) is 15.1. The lowest BCUT2D eigenvalue weighted by atomic mass is 10.1. The highest BCUT2D eigenvalue weighted by atomic mass is 35.5. The van der Waals surface area contributed by atoms with E-state index in [-0.39, 0.29) is 5.78 Å². The molecule has 0 aromatic heterocycles. The maximum atomic E-state index is 12.4. The molecule has 1 aromatic rings. The number of benzene rings is 1. The van der Waals surface area contributed by atoms with Gasteiger partial charge in [-0.2, -0.15) is 0 Å². The van der Waals surface area contributed by atoms with Gasteiger partial charge in [0, 0.05) is 16.6 Å². The zero-order valence-electron chi connectivity index (χ0n) is 12.0. The van der Waals surface area contributed by atoms with Crippen LogP contribution in [0.4, 0.5) is 0 Å². The van der Waals surface area contributed by atoms with Crippen molar-refractivity contribution in [3.63, 3.8) is 0 Å². The van der Waals surface area contributed by atoms with Crippen LogP contribution < -0.4 is 0 Å². The number of hydrogen-bond donors (Lipinski definition) is 0. The minimum absolute atomic E-state index is 0.0631. The van der Waals surface area contributed by atoms with Crippen molar-refractivity contribution in [1.82, 2.24) is 4.90 Å². The highest BCUT2D eigenvalue weighted by Crippen LogP contribution is 2.28. The Hall–Kier alpha value is -0.570. The molecular weight excluding hydrogens is 293 g/mol. The van der Waals surface area contributed by atoms with Gasteiger partial charge in [-0.15, -0.1) is 0 Å². The highest BCUT2D eigenvalue weighted by molar-refractivity contribution is 6.36. The maximum absolute atomic E-state index is 12.4. The first-order chi connectivity index (χ1) is 9.47. The number of halogens is 2. The van der Waals surface area contributed by atoms with E-state index in [1.807, 2.05) is 0 Å². The fraction of sp³-hybridized carbons (Fsp3) is 0.562.